The highest BCUT2D eigenvalue weighted by Gasteiger charge is 2.30. The smallest absolute Gasteiger partial charge is 0.334 e. The minimum atomic E-state index is -1.90. The van der Waals surface area contributed by atoms with Crippen LogP contribution >= 0.6 is 0 Å². The molecule has 0 atom stereocenters. The van der Waals surface area contributed by atoms with Gasteiger partial charge < -0.3 is 17.7 Å². The Morgan fingerprint density at radius 3 is 1.00 bits per heavy atom. The van der Waals surface area contributed by atoms with E-state index in [1.807, 2.05) is 0 Å². The Kier molecular flexibility index (Phi) is 13.7. The Morgan fingerprint density at radius 2 is 0.739 bits per heavy atom. The fraction of sp³-hybridized carbons (Fsp3) is 1.00. The van der Waals surface area contributed by atoms with Crippen LogP contribution in [-0.4, -0.2) is 43.5 Å². The van der Waals surface area contributed by atoms with Crippen molar-refractivity contribution in [3.63, 3.8) is 0 Å². The van der Waals surface area contributed by atoms with Crippen LogP contribution in [0.2, 0.25) is 25.2 Å². The van der Waals surface area contributed by atoms with Gasteiger partial charge in [-0.25, -0.2) is 0 Å². The van der Waals surface area contributed by atoms with Crippen LogP contribution in [0, 0.1) is 0 Å². The van der Waals surface area contributed by atoms with Crippen molar-refractivity contribution in [2.45, 2.75) is 85.0 Å². The van der Waals surface area contributed by atoms with E-state index in [-0.39, 0.29) is 0 Å². The number of hydrogen-bond acceptors (Lipinski definition) is 4. The van der Waals surface area contributed by atoms with Crippen LogP contribution in [0.5, 0.6) is 0 Å². The molecule has 0 amide bonds. The molecule has 23 heavy (non-hydrogen) atoms. The second-order valence-electron chi connectivity index (χ2n) is 6.27. The van der Waals surface area contributed by atoms with Gasteiger partial charge in [0.25, 0.3) is 0 Å². The zero-order valence-electron chi connectivity index (χ0n) is 16.4. The minimum absolute atomic E-state index is 0.765. The lowest BCUT2D eigenvalue weighted by atomic mass is 10.2. The molecule has 6 heteroatoms. The van der Waals surface area contributed by atoms with E-state index in [1.165, 1.54) is 32.1 Å². The molecular weight excluding hydrogens is 324 g/mol. The Balaban J connectivity index is 3.83. The molecule has 0 radical (unpaired) electrons. The lowest BCUT2D eigenvalue weighted by molar-refractivity contribution is 0.188. The van der Waals surface area contributed by atoms with Gasteiger partial charge in [-0.2, -0.15) is 0 Å². The van der Waals surface area contributed by atoms with E-state index in [1.54, 1.807) is 0 Å². The summed E-state index contributed by atoms with van der Waals surface area (Å²) in [6.45, 7) is 15.7. The molecule has 140 valence electrons. The van der Waals surface area contributed by atoms with Gasteiger partial charge in [0.05, 0.1) is 0 Å². The van der Waals surface area contributed by atoms with Crippen molar-refractivity contribution >= 4 is 17.1 Å². The van der Waals surface area contributed by atoms with E-state index in [0.717, 1.165) is 38.5 Å². The maximum absolute atomic E-state index is 5.89. The van der Waals surface area contributed by atoms with E-state index < -0.39 is 17.1 Å². The summed E-state index contributed by atoms with van der Waals surface area (Å²) in [6.07, 6.45) is 6.25. The van der Waals surface area contributed by atoms with Gasteiger partial charge in [-0.1, -0.05) is 32.1 Å². The lowest BCUT2D eigenvalue weighted by Gasteiger charge is -2.26. The average molecular weight is 365 g/mol. The summed E-state index contributed by atoms with van der Waals surface area (Å²) in [7, 11) is -3.80. The highest BCUT2D eigenvalue weighted by atomic mass is 28.4. The maximum Gasteiger partial charge on any atom is 0.334 e. The molecule has 0 saturated carbocycles. The molecule has 0 saturated heterocycles. The molecule has 0 bridgehead atoms. The molecule has 0 rings (SSSR count). The van der Waals surface area contributed by atoms with E-state index in [9.17, 15) is 0 Å². The summed E-state index contributed by atoms with van der Waals surface area (Å²) in [5.41, 5.74) is 0. The third kappa shape index (κ3) is 11.5. The van der Waals surface area contributed by atoms with E-state index in [2.05, 4.69) is 40.8 Å². The molecule has 0 aromatic carbocycles. The van der Waals surface area contributed by atoms with Gasteiger partial charge in [0.2, 0.25) is 0 Å². The molecule has 0 spiro atoms. The zero-order chi connectivity index (χ0) is 17.6. The van der Waals surface area contributed by atoms with E-state index in [0.29, 0.717) is 0 Å². The Morgan fingerprint density at radius 1 is 0.478 bits per heavy atom. The van der Waals surface area contributed by atoms with Crippen molar-refractivity contribution in [2.75, 3.05) is 26.4 Å². The third-order valence-electron chi connectivity index (χ3n) is 4.06. The van der Waals surface area contributed by atoms with Gasteiger partial charge in [-0.3, -0.25) is 0 Å². The largest absolute Gasteiger partial charge is 0.395 e. The molecule has 0 heterocycles. The van der Waals surface area contributed by atoms with Crippen LogP contribution < -0.4 is 0 Å². The molecule has 0 aliphatic carbocycles. The first kappa shape index (κ1) is 23.3. The molecule has 0 fully saturated rings. The lowest BCUT2D eigenvalue weighted by Crippen LogP contribution is -2.38. The number of hydrogen-bond donors (Lipinski definition) is 0. The predicted molar refractivity (Wildman–Crippen MR) is 102 cm³/mol. The number of unbranched alkanes of at least 4 members (excludes halogenated alkanes) is 4. The molecule has 0 aromatic heterocycles. The van der Waals surface area contributed by atoms with Gasteiger partial charge in [-0.05, 0) is 52.9 Å². The van der Waals surface area contributed by atoms with Gasteiger partial charge in [0.15, 0.2) is 0 Å². The standard InChI is InChI=1S/C17H40O4Si2/c1-7-18-22(5,19-8-2)16-14-12-11-13-15-17-23(6,20-9-3)21-10-4/h7-17H2,1-6H3. The maximum atomic E-state index is 5.89. The summed E-state index contributed by atoms with van der Waals surface area (Å²) < 4.78 is 23.5. The van der Waals surface area contributed by atoms with Crippen molar-refractivity contribution < 1.29 is 17.7 Å². The summed E-state index contributed by atoms with van der Waals surface area (Å²) in [5, 5.41) is 0. The fourth-order valence-electron chi connectivity index (χ4n) is 3.02. The van der Waals surface area contributed by atoms with Crippen molar-refractivity contribution in [1.82, 2.24) is 0 Å². The molecule has 0 aromatic rings. The monoisotopic (exact) mass is 364 g/mol. The van der Waals surface area contributed by atoms with Gasteiger partial charge in [-0.15, -0.1) is 0 Å². The highest BCUT2D eigenvalue weighted by molar-refractivity contribution is 6.66. The molecule has 0 unspecified atom stereocenters. The summed E-state index contributed by atoms with van der Waals surface area (Å²) in [6, 6.07) is 2.22. The first-order valence-electron chi connectivity index (χ1n) is 9.51. The SMILES string of the molecule is CCO[Si](C)(CCCCCCC[Si](C)(OCC)OCC)OCC. The minimum Gasteiger partial charge on any atom is -0.395 e. The Bertz CT molecular complexity index is 239. The van der Waals surface area contributed by atoms with Crippen LogP contribution in [0.15, 0.2) is 0 Å². The number of rotatable bonds is 16. The van der Waals surface area contributed by atoms with E-state index >= 15 is 0 Å². The molecule has 0 aliphatic rings. The van der Waals surface area contributed by atoms with Crippen LogP contribution in [0.4, 0.5) is 0 Å². The first-order valence-corrected chi connectivity index (χ1v) is 14.6. The predicted octanol–water partition coefficient (Wildman–Crippen LogP) is 5.23. The molecule has 0 aliphatic heterocycles. The van der Waals surface area contributed by atoms with Gasteiger partial charge in [0.1, 0.15) is 0 Å². The molecule has 0 N–H and O–H groups in total. The highest BCUT2D eigenvalue weighted by Crippen LogP contribution is 2.21. The summed E-state index contributed by atoms with van der Waals surface area (Å²) in [4.78, 5) is 0. The summed E-state index contributed by atoms with van der Waals surface area (Å²) >= 11 is 0. The van der Waals surface area contributed by atoms with Crippen molar-refractivity contribution in [1.29, 1.82) is 0 Å². The fourth-order valence-corrected chi connectivity index (χ4v) is 7.99. The Labute approximate surface area is 146 Å². The first-order chi connectivity index (χ1) is 10.9. The molecule has 4 nitrogen and oxygen atoms in total. The Hall–Kier alpha value is 0.274. The van der Waals surface area contributed by atoms with Crippen LogP contribution in [0.25, 0.3) is 0 Å². The second kappa shape index (κ2) is 13.6. The van der Waals surface area contributed by atoms with Crippen LogP contribution in [-0.2, 0) is 17.7 Å². The van der Waals surface area contributed by atoms with Crippen molar-refractivity contribution in [2.24, 2.45) is 0 Å². The zero-order valence-corrected chi connectivity index (χ0v) is 18.4. The van der Waals surface area contributed by atoms with E-state index in [4.69, 9.17) is 17.7 Å². The summed E-state index contributed by atoms with van der Waals surface area (Å²) in [5.74, 6) is 0. The van der Waals surface area contributed by atoms with Crippen LogP contribution in [0.1, 0.15) is 59.8 Å². The molecular formula is C17H40O4Si2. The quantitative estimate of drug-likeness (QED) is 0.278. The average Bonchev–Trinajstić information content (AvgIpc) is 2.47. The van der Waals surface area contributed by atoms with Gasteiger partial charge >= 0.3 is 17.1 Å². The van der Waals surface area contributed by atoms with Crippen molar-refractivity contribution in [3.05, 3.63) is 0 Å². The van der Waals surface area contributed by atoms with Crippen molar-refractivity contribution in [3.8, 4) is 0 Å². The topological polar surface area (TPSA) is 36.9 Å². The third-order valence-corrected chi connectivity index (χ3v) is 10.2. The normalized spacial score (nSPS) is 12.8. The van der Waals surface area contributed by atoms with Gasteiger partial charge in [0, 0.05) is 26.4 Å². The second-order valence-corrected chi connectivity index (χ2v) is 13.0. The van der Waals surface area contributed by atoms with Crippen LogP contribution in [0.3, 0.4) is 0 Å².